The molecule has 1 aliphatic heterocycles. The lowest BCUT2D eigenvalue weighted by molar-refractivity contribution is 0.113. The zero-order valence-electron chi connectivity index (χ0n) is 9.71. The molecule has 0 bridgehead atoms. The molecule has 7 heteroatoms. The van der Waals surface area contributed by atoms with E-state index in [4.69, 9.17) is 17.3 Å². The highest BCUT2D eigenvalue weighted by Crippen LogP contribution is 2.26. The lowest BCUT2D eigenvalue weighted by Crippen LogP contribution is -2.40. The smallest absolute Gasteiger partial charge is 0.243 e. The van der Waals surface area contributed by atoms with Crippen molar-refractivity contribution in [2.45, 2.75) is 23.8 Å². The van der Waals surface area contributed by atoms with Crippen molar-refractivity contribution in [1.29, 1.82) is 0 Å². The quantitative estimate of drug-likeness (QED) is 0.798. The van der Waals surface area contributed by atoms with E-state index in [2.05, 4.69) is 0 Å². The maximum absolute atomic E-state index is 12.3. The van der Waals surface area contributed by atoms with Crippen LogP contribution in [-0.4, -0.2) is 37.0 Å². The molecule has 1 saturated heterocycles. The van der Waals surface area contributed by atoms with Gasteiger partial charge in [0.2, 0.25) is 10.0 Å². The zero-order valence-corrected chi connectivity index (χ0v) is 11.3. The van der Waals surface area contributed by atoms with E-state index >= 15 is 0 Å². The van der Waals surface area contributed by atoms with Crippen LogP contribution < -0.4 is 5.73 Å². The number of hydrogen-bond donors (Lipinski definition) is 2. The molecule has 0 spiro atoms. The number of aliphatic hydroxyl groups excluding tert-OH is 1. The summed E-state index contributed by atoms with van der Waals surface area (Å²) < 4.78 is 26.0. The number of halogens is 1. The summed E-state index contributed by atoms with van der Waals surface area (Å²) in [7, 11) is -3.54. The van der Waals surface area contributed by atoms with E-state index in [9.17, 15) is 13.5 Å². The second-order valence-corrected chi connectivity index (χ2v) is 6.66. The molecule has 5 nitrogen and oxygen atoms in total. The van der Waals surface area contributed by atoms with Crippen LogP contribution in [-0.2, 0) is 10.0 Å². The minimum atomic E-state index is -3.54. The Bertz CT molecular complexity index is 539. The molecule has 1 heterocycles. The molecule has 1 aromatic rings. The van der Waals surface area contributed by atoms with Crippen molar-refractivity contribution in [3.05, 3.63) is 23.2 Å². The molecule has 0 amide bonds. The summed E-state index contributed by atoms with van der Waals surface area (Å²) in [4.78, 5) is 0.140. The second kappa shape index (κ2) is 5.05. The third-order valence-corrected chi connectivity index (χ3v) is 5.27. The minimum absolute atomic E-state index is 0.140. The lowest BCUT2D eigenvalue weighted by atomic mass is 10.1. The third kappa shape index (κ3) is 2.61. The Morgan fingerprint density at radius 3 is 2.50 bits per heavy atom. The maximum atomic E-state index is 12.3. The van der Waals surface area contributed by atoms with Crippen molar-refractivity contribution in [3.63, 3.8) is 0 Å². The summed E-state index contributed by atoms with van der Waals surface area (Å²) in [5.41, 5.74) is 5.86. The molecule has 100 valence electrons. The van der Waals surface area contributed by atoms with E-state index in [1.165, 1.54) is 22.5 Å². The van der Waals surface area contributed by atoms with Crippen LogP contribution in [0.15, 0.2) is 23.1 Å². The Labute approximate surface area is 111 Å². The molecule has 0 aromatic heterocycles. The SMILES string of the molecule is Nc1cc(S(=O)(=O)N2CCC(O)CC2)ccc1Cl. The highest BCUT2D eigenvalue weighted by molar-refractivity contribution is 7.89. The highest BCUT2D eigenvalue weighted by atomic mass is 35.5. The predicted molar refractivity (Wildman–Crippen MR) is 69.9 cm³/mol. The number of anilines is 1. The van der Waals surface area contributed by atoms with Crippen LogP contribution in [0.2, 0.25) is 5.02 Å². The molecule has 0 unspecified atom stereocenters. The minimum Gasteiger partial charge on any atom is -0.397 e. The summed E-state index contributed by atoms with van der Waals surface area (Å²) in [5.74, 6) is 0. The summed E-state index contributed by atoms with van der Waals surface area (Å²) in [6.07, 6.45) is 0.511. The number of sulfonamides is 1. The van der Waals surface area contributed by atoms with Gasteiger partial charge in [-0.1, -0.05) is 11.6 Å². The number of aliphatic hydroxyl groups is 1. The standard InChI is InChI=1S/C11H15ClN2O3S/c12-10-2-1-9(7-11(10)13)18(16,17)14-5-3-8(15)4-6-14/h1-2,7-8,15H,3-6,13H2. The van der Waals surface area contributed by atoms with Gasteiger partial charge in [-0.25, -0.2) is 8.42 Å². The molecule has 18 heavy (non-hydrogen) atoms. The Balaban J connectivity index is 2.27. The summed E-state index contributed by atoms with van der Waals surface area (Å²) in [6.45, 7) is 0.651. The van der Waals surface area contributed by atoms with Gasteiger partial charge < -0.3 is 10.8 Å². The van der Waals surface area contributed by atoms with Gasteiger partial charge in [0.15, 0.2) is 0 Å². The van der Waals surface area contributed by atoms with Crippen LogP contribution in [0.5, 0.6) is 0 Å². The Morgan fingerprint density at radius 1 is 1.33 bits per heavy atom. The Morgan fingerprint density at radius 2 is 1.94 bits per heavy atom. The van der Waals surface area contributed by atoms with Gasteiger partial charge in [-0.05, 0) is 31.0 Å². The topological polar surface area (TPSA) is 83.6 Å². The summed E-state index contributed by atoms with van der Waals surface area (Å²) in [5, 5.41) is 9.72. The molecule has 0 saturated carbocycles. The summed E-state index contributed by atoms with van der Waals surface area (Å²) in [6, 6.07) is 4.28. The number of benzene rings is 1. The lowest BCUT2D eigenvalue weighted by Gasteiger charge is -2.28. The molecule has 0 atom stereocenters. The predicted octanol–water partition coefficient (Wildman–Crippen LogP) is 1.07. The fourth-order valence-corrected chi connectivity index (χ4v) is 3.54. The van der Waals surface area contributed by atoms with Crippen molar-refractivity contribution >= 4 is 27.3 Å². The molecule has 3 N–H and O–H groups in total. The molecule has 0 radical (unpaired) electrons. The van der Waals surface area contributed by atoms with E-state index in [-0.39, 0.29) is 10.6 Å². The average Bonchev–Trinajstić information content (AvgIpc) is 2.33. The monoisotopic (exact) mass is 290 g/mol. The van der Waals surface area contributed by atoms with Crippen LogP contribution in [0.1, 0.15) is 12.8 Å². The van der Waals surface area contributed by atoms with Gasteiger partial charge >= 0.3 is 0 Å². The Kier molecular flexibility index (Phi) is 3.82. The average molecular weight is 291 g/mol. The van der Waals surface area contributed by atoms with Crippen LogP contribution in [0.25, 0.3) is 0 Å². The first-order chi connectivity index (χ1) is 8.41. The zero-order chi connectivity index (χ0) is 13.3. The van der Waals surface area contributed by atoms with Crippen molar-refractivity contribution in [2.24, 2.45) is 0 Å². The molecule has 2 rings (SSSR count). The first kappa shape index (κ1) is 13.6. The van der Waals surface area contributed by atoms with Crippen LogP contribution >= 0.6 is 11.6 Å². The molecular weight excluding hydrogens is 276 g/mol. The largest absolute Gasteiger partial charge is 0.397 e. The fraction of sp³-hybridized carbons (Fsp3) is 0.455. The summed E-state index contributed by atoms with van der Waals surface area (Å²) >= 11 is 5.77. The van der Waals surface area contributed by atoms with Crippen molar-refractivity contribution in [2.75, 3.05) is 18.8 Å². The number of nitrogen functional groups attached to an aromatic ring is 1. The number of nitrogens with zero attached hydrogens (tertiary/aromatic N) is 1. The normalized spacial score (nSPS) is 19.0. The maximum Gasteiger partial charge on any atom is 0.243 e. The van der Waals surface area contributed by atoms with Gasteiger partial charge in [0.1, 0.15) is 0 Å². The number of hydrogen-bond acceptors (Lipinski definition) is 4. The van der Waals surface area contributed by atoms with E-state index in [0.717, 1.165) is 0 Å². The first-order valence-corrected chi connectivity index (χ1v) is 7.46. The van der Waals surface area contributed by atoms with Gasteiger partial charge in [0.25, 0.3) is 0 Å². The molecule has 1 fully saturated rings. The van der Waals surface area contributed by atoms with Gasteiger partial charge in [-0.15, -0.1) is 0 Å². The van der Waals surface area contributed by atoms with Crippen LogP contribution in [0.3, 0.4) is 0 Å². The van der Waals surface area contributed by atoms with Gasteiger partial charge in [-0.3, -0.25) is 0 Å². The van der Waals surface area contributed by atoms with E-state index in [1.54, 1.807) is 0 Å². The van der Waals surface area contributed by atoms with Crippen LogP contribution in [0, 0.1) is 0 Å². The number of piperidine rings is 1. The van der Waals surface area contributed by atoms with Crippen molar-refractivity contribution in [3.8, 4) is 0 Å². The number of rotatable bonds is 2. The van der Waals surface area contributed by atoms with E-state index in [0.29, 0.717) is 31.0 Å². The van der Waals surface area contributed by atoms with Crippen molar-refractivity contribution < 1.29 is 13.5 Å². The molecule has 1 aliphatic rings. The van der Waals surface area contributed by atoms with Gasteiger partial charge in [0.05, 0.1) is 21.7 Å². The van der Waals surface area contributed by atoms with Crippen molar-refractivity contribution in [1.82, 2.24) is 4.31 Å². The molecule has 0 aliphatic carbocycles. The van der Waals surface area contributed by atoms with E-state index < -0.39 is 16.1 Å². The molecule has 1 aromatic carbocycles. The fourth-order valence-electron chi connectivity index (χ4n) is 1.91. The third-order valence-electron chi connectivity index (χ3n) is 3.03. The van der Waals surface area contributed by atoms with Crippen LogP contribution in [0.4, 0.5) is 5.69 Å². The highest BCUT2D eigenvalue weighted by Gasteiger charge is 2.28. The second-order valence-electron chi connectivity index (χ2n) is 4.32. The molecular formula is C11H15ClN2O3S. The van der Waals surface area contributed by atoms with Gasteiger partial charge in [-0.2, -0.15) is 4.31 Å². The Hall–Kier alpha value is -0.820. The number of nitrogens with two attached hydrogens (primary N) is 1. The van der Waals surface area contributed by atoms with Gasteiger partial charge in [0, 0.05) is 13.1 Å². The van der Waals surface area contributed by atoms with E-state index in [1.807, 2.05) is 0 Å². The first-order valence-electron chi connectivity index (χ1n) is 5.64.